The molecule has 0 spiro atoms. The Hall–Kier alpha value is -6.64. The van der Waals surface area contributed by atoms with E-state index in [1.807, 2.05) is 0 Å². The molecule has 0 amide bonds. The normalized spacial score (nSPS) is 11.6. The molecular weight excluding hydrogens is 605 g/mol. The van der Waals surface area contributed by atoms with Crippen LogP contribution in [0, 0.1) is 0 Å². The fourth-order valence-electron chi connectivity index (χ4n) is 8.01. The molecule has 2 nitrogen and oxygen atoms in total. The summed E-state index contributed by atoms with van der Waals surface area (Å²) in [6, 6.07) is 70.6. The Kier molecular flexibility index (Phi) is 6.53. The maximum atomic E-state index is 2.47. The lowest BCUT2D eigenvalue weighted by Crippen LogP contribution is -2.13. The molecule has 0 N–H and O–H groups in total. The van der Waals surface area contributed by atoms with Crippen LogP contribution in [0.25, 0.3) is 70.9 Å². The lowest BCUT2D eigenvalue weighted by Gasteiger charge is -2.31. The number of aromatic nitrogens is 1. The van der Waals surface area contributed by atoms with Crippen molar-refractivity contribution in [2.75, 3.05) is 4.90 Å². The van der Waals surface area contributed by atoms with E-state index >= 15 is 0 Å². The molecule has 50 heavy (non-hydrogen) atoms. The summed E-state index contributed by atoms with van der Waals surface area (Å²) < 4.78 is 2.47. The Morgan fingerprint density at radius 3 is 1.60 bits per heavy atom. The maximum absolute atomic E-state index is 2.47. The average Bonchev–Trinajstić information content (AvgIpc) is 3.52. The topological polar surface area (TPSA) is 8.17 Å². The van der Waals surface area contributed by atoms with Gasteiger partial charge in [0.15, 0.2) is 0 Å². The van der Waals surface area contributed by atoms with Gasteiger partial charge in [0, 0.05) is 27.4 Å². The van der Waals surface area contributed by atoms with Crippen molar-refractivity contribution < 1.29 is 0 Å². The Balaban J connectivity index is 1.41. The van der Waals surface area contributed by atoms with Gasteiger partial charge in [0.1, 0.15) is 0 Å². The van der Waals surface area contributed by atoms with Gasteiger partial charge in [-0.15, -0.1) is 0 Å². The van der Waals surface area contributed by atoms with Gasteiger partial charge in [-0.25, -0.2) is 0 Å². The van der Waals surface area contributed by atoms with Crippen molar-refractivity contribution in [2.24, 2.45) is 0 Å². The van der Waals surface area contributed by atoms with E-state index in [1.54, 1.807) is 0 Å². The predicted octanol–water partition coefficient (Wildman–Crippen LogP) is 13.4. The number of rotatable bonds is 5. The zero-order valence-electron chi connectivity index (χ0n) is 27.4. The Bertz CT molecular complexity index is 2820. The van der Waals surface area contributed by atoms with Crippen LogP contribution in [0.5, 0.6) is 0 Å². The first-order valence-electron chi connectivity index (χ1n) is 17.2. The zero-order chi connectivity index (χ0) is 33.0. The molecule has 0 aliphatic carbocycles. The quantitative estimate of drug-likeness (QED) is 0.171. The van der Waals surface area contributed by atoms with E-state index in [-0.39, 0.29) is 0 Å². The van der Waals surface area contributed by atoms with Crippen LogP contribution in [-0.2, 0) is 0 Å². The molecule has 10 aromatic rings. The molecule has 0 aliphatic rings. The summed E-state index contributed by atoms with van der Waals surface area (Å²) in [6.07, 6.45) is 0. The van der Waals surface area contributed by atoms with Gasteiger partial charge in [0.2, 0.25) is 0 Å². The number of anilines is 3. The molecule has 2 heteroatoms. The summed E-state index contributed by atoms with van der Waals surface area (Å²) in [5.41, 5.74) is 9.26. The molecule has 0 atom stereocenters. The highest BCUT2D eigenvalue weighted by Crippen LogP contribution is 2.49. The van der Waals surface area contributed by atoms with Crippen LogP contribution in [0.3, 0.4) is 0 Å². The van der Waals surface area contributed by atoms with Crippen LogP contribution in [-0.4, -0.2) is 4.57 Å². The highest BCUT2D eigenvalue weighted by atomic mass is 15.2. The van der Waals surface area contributed by atoms with Gasteiger partial charge < -0.3 is 9.47 Å². The third-order valence-corrected chi connectivity index (χ3v) is 10.1. The molecule has 9 aromatic carbocycles. The minimum Gasteiger partial charge on any atom is -0.309 e. The van der Waals surface area contributed by atoms with Gasteiger partial charge in [-0.3, -0.25) is 0 Å². The van der Waals surface area contributed by atoms with Crippen LogP contribution < -0.4 is 4.90 Å². The van der Waals surface area contributed by atoms with Gasteiger partial charge >= 0.3 is 0 Å². The molecule has 0 unspecified atom stereocenters. The summed E-state index contributed by atoms with van der Waals surface area (Å²) in [6.45, 7) is 0. The number of para-hydroxylation sites is 3. The molecule has 0 saturated carbocycles. The molecule has 1 heterocycles. The predicted molar refractivity (Wildman–Crippen MR) is 213 cm³/mol. The number of nitrogens with zero attached hydrogens (tertiary/aromatic N) is 2. The summed E-state index contributed by atoms with van der Waals surface area (Å²) in [5, 5.41) is 9.87. The smallest absolute Gasteiger partial charge is 0.0561 e. The Morgan fingerprint density at radius 1 is 0.340 bits per heavy atom. The third kappa shape index (κ3) is 4.36. The van der Waals surface area contributed by atoms with Crippen molar-refractivity contribution in [3.05, 3.63) is 194 Å². The van der Waals surface area contributed by atoms with Crippen LogP contribution in [0.4, 0.5) is 17.1 Å². The van der Waals surface area contributed by atoms with Gasteiger partial charge in [0.05, 0.1) is 28.1 Å². The van der Waals surface area contributed by atoms with Crippen molar-refractivity contribution in [3.63, 3.8) is 0 Å². The first-order chi connectivity index (χ1) is 24.8. The van der Waals surface area contributed by atoms with E-state index in [1.165, 1.54) is 65.3 Å². The summed E-state index contributed by atoms with van der Waals surface area (Å²) in [5.74, 6) is 0. The molecule has 0 fully saturated rings. The Morgan fingerprint density at radius 2 is 0.860 bits per heavy atom. The maximum Gasteiger partial charge on any atom is 0.0561 e. The molecule has 234 valence electrons. The first-order valence-corrected chi connectivity index (χ1v) is 17.2. The van der Waals surface area contributed by atoms with Crippen molar-refractivity contribution in [3.8, 4) is 16.8 Å². The first kappa shape index (κ1) is 28.4. The van der Waals surface area contributed by atoms with E-state index in [9.17, 15) is 0 Å². The van der Waals surface area contributed by atoms with E-state index < -0.39 is 0 Å². The molecule has 0 aliphatic heterocycles. The van der Waals surface area contributed by atoms with Crippen molar-refractivity contribution in [2.45, 2.75) is 0 Å². The lowest BCUT2D eigenvalue weighted by atomic mass is 9.90. The molecule has 1 aromatic heterocycles. The fourth-order valence-corrected chi connectivity index (χ4v) is 8.01. The van der Waals surface area contributed by atoms with Crippen molar-refractivity contribution in [1.29, 1.82) is 0 Å². The number of hydrogen-bond donors (Lipinski definition) is 0. The number of fused-ring (bicyclic) bond motifs is 7. The second kappa shape index (κ2) is 11.5. The summed E-state index contributed by atoms with van der Waals surface area (Å²) in [7, 11) is 0. The number of benzene rings is 9. The van der Waals surface area contributed by atoms with E-state index in [0.717, 1.165) is 22.7 Å². The summed E-state index contributed by atoms with van der Waals surface area (Å²) in [4.78, 5) is 2.46. The SMILES string of the molecule is c1ccc(N(c2cccc(-n3c4ccccc4c4ccccc43)c2-c2cc3ccccc3c3ccccc23)c2cccc3ccccc23)cc1. The summed E-state index contributed by atoms with van der Waals surface area (Å²) >= 11 is 0. The second-order valence-corrected chi connectivity index (χ2v) is 12.9. The van der Waals surface area contributed by atoms with E-state index in [2.05, 4.69) is 204 Å². The van der Waals surface area contributed by atoms with Crippen LogP contribution in [0.1, 0.15) is 0 Å². The molecule has 0 saturated heterocycles. The lowest BCUT2D eigenvalue weighted by molar-refractivity contribution is 1.17. The third-order valence-electron chi connectivity index (χ3n) is 10.1. The Labute approximate surface area is 290 Å². The average molecular weight is 637 g/mol. The fraction of sp³-hybridized carbons (Fsp3) is 0. The van der Waals surface area contributed by atoms with E-state index in [4.69, 9.17) is 0 Å². The molecular formula is C48H32N2. The highest BCUT2D eigenvalue weighted by Gasteiger charge is 2.25. The number of hydrogen-bond acceptors (Lipinski definition) is 1. The van der Waals surface area contributed by atoms with Crippen molar-refractivity contribution in [1.82, 2.24) is 4.57 Å². The molecule has 0 radical (unpaired) electrons. The van der Waals surface area contributed by atoms with Crippen LogP contribution in [0.2, 0.25) is 0 Å². The van der Waals surface area contributed by atoms with Gasteiger partial charge in [-0.05, 0) is 81.0 Å². The van der Waals surface area contributed by atoms with Crippen molar-refractivity contribution >= 4 is 71.2 Å². The van der Waals surface area contributed by atoms with Gasteiger partial charge in [0.25, 0.3) is 0 Å². The van der Waals surface area contributed by atoms with Gasteiger partial charge in [-0.2, -0.15) is 0 Å². The monoisotopic (exact) mass is 636 g/mol. The largest absolute Gasteiger partial charge is 0.309 e. The van der Waals surface area contributed by atoms with Crippen LogP contribution >= 0.6 is 0 Å². The minimum absolute atomic E-state index is 1.11. The van der Waals surface area contributed by atoms with Crippen LogP contribution in [0.15, 0.2) is 194 Å². The van der Waals surface area contributed by atoms with Gasteiger partial charge in [-0.1, -0.05) is 146 Å². The molecule has 10 rings (SSSR count). The highest BCUT2D eigenvalue weighted by molar-refractivity contribution is 6.17. The minimum atomic E-state index is 1.11. The van der Waals surface area contributed by atoms with E-state index in [0.29, 0.717) is 0 Å². The standard InChI is InChI=1S/C48H32N2/c1-2-19-35(20-3-1)49(43-29-14-18-33-16-4-7-22-37(33)43)46-30-15-31-47(50-44-27-12-10-25-40(44)41-26-11-13-28-45(41)50)48(46)42-32-34-17-5-6-21-36(34)38-23-8-9-24-39(38)42/h1-32H. The zero-order valence-corrected chi connectivity index (χ0v) is 27.4. The molecule has 0 bridgehead atoms. The second-order valence-electron chi connectivity index (χ2n) is 12.9.